The van der Waals surface area contributed by atoms with Crippen molar-refractivity contribution in [2.24, 2.45) is 5.73 Å². The Morgan fingerprint density at radius 2 is 1.56 bits per heavy atom. The van der Waals surface area contributed by atoms with Crippen molar-refractivity contribution in [2.75, 3.05) is 13.2 Å². The van der Waals surface area contributed by atoms with E-state index in [4.69, 9.17) is 15.2 Å². The molecule has 0 radical (unpaired) electrons. The Kier molecular flexibility index (Phi) is 6.18. The minimum atomic E-state index is -0.610. The van der Waals surface area contributed by atoms with Crippen LogP contribution in [0.3, 0.4) is 0 Å². The lowest BCUT2D eigenvalue weighted by molar-refractivity contribution is -0.148. The molecule has 0 spiro atoms. The van der Waals surface area contributed by atoms with E-state index in [0.717, 1.165) is 6.07 Å². The molecule has 0 aliphatic heterocycles. The Labute approximate surface area is 106 Å². The first-order valence-electron chi connectivity index (χ1n) is 6.00. The van der Waals surface area contributed by atoms with Crippen LogP contribution in [-0.2, 0) is 15.9 Å². The summed E-state index contributed by atoms with van der Waals surface area (Å²) in [6, 6.07) is 2.89. The van der Waals surface area contributed by atoms with E-state index in [1.807, 2.05) is 13.8 Å². The molecule has 1 unspecified atom stereocenters. The van der Waals surface area contributed by atoms with Crippen LogP contribution < -0.4 is 5.73 Å². The molecule has 18 heavy (non-hydrogen) atoms. The number of hydrogen-bond donors (Lipinski definition) is 1. The molecular weight excluding hydrogens is 240 g/mol. The highest BCUT2D eigenvalue weighted by atomic mass is 19.1. The number of benzene rings is 1. The van der Waals surface area contributed by atoms with Gasteiger partial charge in [0.05, 0.1) is 6.04 Å². The van der Waals surface area contributed by atoms with E-state index < -0.39 is 24.0 Å². The molecule has 0 heterocycles. The summed E-state index contributed by atoms with van der Waals surface area (Å²) in [5.74, 6) is -1.22. The molecule has 0 amide bonds. The third-order valence-corrected chi connectivity index (χ3v) is 2.41. The van der Waals surface area contributed by atoms with Crippen molar-refractivity contribution in [3.8, 4) is 0 Å². The number of hydrogen-bond acceptors (Lipinski definition) is 3. The highest BCUT2D eigenvalue weighted by Crippen LogP contribution is 2.12. The zero-order valence-corrected chi connectivity index (χ0v) is 10.7. The van der Waals surface area contributed by atoms with Gasteiger partial charge in [0.1, 0.15) is 11.6 Å². The topological polar surface area (TPSA) is 44.5 Å². The number of rotatable bonds is 7. The van der Waals surface area contributed by atoms with E-state index in [2.05, 4.69) is 0 Å². The third kappa shape index (κ3) is 4.68. The van der Waals surface area contributed by atoms with Crippen molar-refractivity contribution >= 4 is 0 Å². The summed E-state index contributed by atoms with van der Waals surface area (Å²) in [4.78, 5) is 0. The molecule has 2 N–H and O–H groups in total. The summed E-state index contributed by atoms with van der Waals surface area (Å²) < 4.78 is 36.7. The van der Waals surface area contributed by atoms with Crippen molar-refractivity contribution in [1.82, 2.24) is 0 Å². The first-order valence-corrected chi connectivity index (χ1v) is 6.00. The Balaban J connectivity index is 2.68. The van der Waals surface area contributed by atoms with Gasteiger partial charge >= 0.3 is 0 Å². The maximum atomic E-state index is 13.0. The normalized spacial score (nSPS) is 13.0. The second-order valence-corrected chi connectivity index (χ2v) is 3.92. The summed E-state index contributed by atoms with van der Waals surface area (Å²) in [7, 11) is 0. The smallest absolute Gasteiger partial charge is 0.172 e. The summed E-state index contributed by atoms with van der Waals surface area (Å²) >= 11 is 0. The third-order valence-electron chi connectivity index (χ3n) is 2.41. The van der Waals surface area contributed by atoms with Gasteiger partial charge < -0.3 is 15.2 Å². The molecule has 0 bridgehead atoms. The van der Waals surface area contributed by atoms with Gasteiger partial charge in [-0.1, -0.05) is 0 Å². The fourth-order valence-corrected chi connectivity index (χ4v) is 1.72. The molecule has 0 saturated heterocycles. The van der Waals surface area contributed by atoms with Gasteiger partial charge in [-0.05, 0) is 38.0 Å². The summed E-state index contributed by atoms with van der Waals surface area (Å²) in [5.41, 5.74) is 6.42. The zero-order valence-electron chi connectivity index (χ0n) is 10.7. The van der Waals surface area contributed by atoms with Gasteiger partial charge in [-0.3, -0.25) is 0 Å². The minimum absolute atomic E-state index is 0.291. The van der Waals surface area contributed by atoms with E-state index in [-0.39, 0.29) is 0 Å². The lowest BCUT2D eigenvalue weighted by Gasteiger charge is -2.23. The summed E-state index contributed by atoms with van der Waals surface area (Å²) in [6.45, 7) is 4.60. The number of halogens is 2. The lowest BCUT2D eigenvalue weighted by Crippen LogP contribution is -2.40. The van der Waals surface area contributed by atoms with E-state index in [1.165, 1.54) is 12.1 Å². The van der Waals surface area contributed by atoms with Crippen molar-refractivity contribution in [1.29, 1.82) is 0 Å². The van der Waals surface area contributed by atoms with Crippen LogP contribution in [0.5, 0.6) is 0 Å². The Bertz CT molecular complexity index is 348. The molecule has 102 valence electrons. The molecule has 3 nitrogen and oxygen atoms in total. The van der Waals surface area contributed by atoms with Gasteiger partial charge in [0.2, 0.25) is 0 Å². The highest BCUT2D eigenvalue weighted by Gasteiger charge is 2.19. The van der Waals surface area contributed by atoms with Crippen molar-refractivity contribution in [2.45, 2.75) is 32.6 Å². The second kappa shape index (κ2) is 7.41. The van der Waals surface area contributed by atoms with E-state index in [0.29, 0.717) is 25.2 Å². The monoisotopic (exact) mass is 259 g/mol. The largest absolute Gasteiger partial charge is 0.351 e. The maximum absolute atomic E-state index is 13.0. The lowest BCUT2D eigenvalue weighted by atomic mass is 10.1. The molecule has 0 saturated carbocycles. The average molecular weight is 259 g/mol. The Hall–Kier alpha value is -1.04. The second-order valence-electron chi connectivity index (χ2n) is 3.92. The zero-order chi connectivity index (χ0) is 13.5. The van der Waals surface area contributed by atoms with Gasteiger partial charge in [-0.2, -0.15) is 0 Å². The van der Waals surface area contributed by atoms with Crippen molar-refractivity contribution in [3.05, 3.63) is 35.4 Å². The van der Waals surface area contributed by atoms with Crippen molar-refractivity contribution in [3.63, 3.8) is 0 Å². The number of ether oxygens (including phenoxy) is 2. The molecule has 0 fully saturated rings. The summed E-state index contributed by atoms with van der Waals surface area (Å²) in [6.07, 6.45) is -0.273. The van der Waals surface area contributed by atoms with Crippen LogP contribution >= 0.6 is 0 Å². The van der Waals surface area contributed by atoms with E-state index >= 15 is 0 Å². The molecule has 1 aromatic carbocycles. The van der Waals surface area contributed by atoms with Crippen LogP contribution in [0.2, 0.25) is 0 Å². The molecule has 0 aliphatic rings. The van der Waals surface area contributed by atoms with Crippen LogP contribution in [0, 0.1) is 11.6 Å². The van der Waals surface area contributed by atoms with Gasteiger partial charge in [0.25, 0.3) is 0 Å². The molecule has 0 aromatic heterocycles. The Morgan fingerprint density at radius 3 is 2.00 bits per heavy atom. The van der Waals surface area contributed by atoms with Crippen LogP contribution in [-0.4, -0.2) is 25.5 Å². The molecule has 1 atom stereocenters. The quantitative estimate of drug-likeness (QED) is 0.764. The van der Waals surface area contributed by atoms with Gasteiger partial charge in [0, 0.05) is 19.3 Å². The first kappa shape index (κ1) is 15.0. The summed E-state index contributed by atoms with van der Waals surface area (Å²) in [5, 5.41) is 0. The first-order chi connectivity index (χ1) is 8.56. The molecule has 0 aliphatic carbocycles. The Morgan fingerprint density at radius 1 is 1.06 bits per heavy atom. The molecule has 1 aromatic rings. The predicted molar refractivity (Wildman–Crippen MR) is 65.1 cm³/mol. The van der Waals surface area contributed by atoms with Gasteiger partial charge in [0.15, 0.2) is 6.29 Å². The predicted octanol–water partition coefficient (Wildman–Crippen LogP) is 2.23. The highest BCUT2D eigenvalue weighted by molar-refractivity contribution is 5.19. The maximum Gasteiger partial charge on any atom is 0.172 e. The van der Waals surface area contributed by atoms with Crippen LogP contribution in [0.4, 0.5) is 8.78 Å². The SMILES string of the molecule is CCOC(OCC)C(N)Cc1cc(F)cc(F)c1. The van der Waals surface area contributed by atoms with Crippen LogP contribution in [0.1, 0.15) is 19.4 Å². The number of nitrogens with two attached hydrogens (primary N) is 1. The van der Waals surface area contributed by atoms with Gasteiger partial charge in [-0.15, -0.1) is 0 Å². The minimum Gasteiger partial charge on any atom is -0.351 e. The standard InChI is InChI=1S/C13H19F2NO2/c1-3-17-13(18-4-2)12(16)7-9-5-10(14)8-11(15)6-9/h5-6,8,12-13H,3-4,7,16H2,1-2H3. The fourth-order valence-electron chi connectivity index (χ4n) is 1.72. The van der Waals surface area contributed by atoms with Gasteiger partial charge in [-0.25, -0.2) is 8.78 Å². The van der Waals surface area contributed by atoms with Crippen molar-refractivity contribution < 1.29 is 18.3 Å². The molecule has 5 heteroatoms. The van der Waals surface area contributed by atoms with E-state index in [9.17, 15) is 8.78 Å². The average Bonchev–Trinajstić information content (AvgIpc) is 2.27. The molecular formula is C13H19F2NO2. The van der Waals surface area contributed by atoms with Crippen LogP contribution in [0.25, 0.3) is 0 Å². The fraction of sp³-hybridized carbons (Fsp3) is 0.538. The van der Waals surface area contributed by atoms with Crippen LogP contribution in [0.15, 0.2) is 18.2 Å². The molecule has 1 rings (SSSR count). The van der Waals surface area contributed by atoms with E-state index in [1.54, 1.807) is 0 Å².